The highest BCUT2D eigenvalue weighted by molar-refractivity contribution is 6.19. The lowest BCUT2D eigenvalue weighted by Crippen LogP contribution is -1.89. The number of furan rings is 1. The van der Waals surface area contributed by atoms with Crippen molar-refractivity contribution < 1.29 is 4.42 Å². The largest absolute Gasteiger partial charge is 0.456 e. The molecule has 0 saturated carbocycles. The van der Waals surface area contributed by atoms with E-state index in [1.54, 1.807) is 0 Å². The van der Waals surface area contributed by atoms with Crippen LogP contribution in [0, 0.1) is 6.92 Å². The van der Waals surface area contributed by atoms with E-state index < -0.39 is 0 Å². The van der Waals surface area contributed by atoms with E-state index in [1.165, 1.54) is 49.2 Å². The molecule has 4 aromatic carbocycles. The third kappa shape index (κ3) is 2.26. The van der Waals surface area contributed by atoms with Crippen molar-refractivity contribution in [2.24, 2.45) is 0 Å². The second-order valence-corrected chi connectivity index (χ2v) is 7.79. The molecule has 1 nitrogen and oxygen atoms in total. The standard InChI is InChI=1S/C27H20O/c1-17-6-8-18(9-7-17)20-13-14-22-21(16-20)11-10-19-12-15-24-23-4-2-3-5-25(23)28-27(24)26(19)22/h3,5-16H,2,4H2,1H3. The summed E-state index contributed by atoms with van der Waals surface area (Å²) in [5.74, 6) is 1.03. The number of benzene rings is 4. The van der Waals surface area contributed by atoms with Crippen molar-refractivity contribution >= 4 is 38.6 Å². The highest BCUT2D eigenvalue weighted by Crippen LogP contribution is 2.39. The third-order valence-corrected chi connectivity index (χ3v) is 6.00. The van der Waals surface area contributed by atoms with Crippen molar-refractivity contribution in [1.82, 2.24) is 0 Å². The summed E-state index contributed by atoms with van der Waals surface area (Å²) in [7, 11) is 0. The minimum atomic E-state index is 1.03. The van der Waals surface area contributed by atoms with E-state index in [0.717, 1.165) is 24.2 Å². The lowest BCUT2D eigenvalue weighted by molar-refractivity contribution is 0.598. The van der Waals surface area contributed by atoms with Gasteiger partial charge in [-0.25, -0.2) is 0 Å². The molecule has 1 aliphatic rings. The Morgan fingerprint density at radius 2 is 1.50 bits per heavy atom. The molecule has 6 rings (SSSR count). The van der Waals surface area contributed by atoms with Gasteiger partial charge < -0.3 is 4.42 Å². The van der Waals surface area contributed by atoms with Crippen molar-refractivity contribution in [1.29, 1.82) is 0 Å². The van der Waals surface area contributed by atoms with Crippen LogP contribution in [0.4, 0.5) is 0 Å². The molecule has 28 heavy (non-hydrogen) atoms. The summed E-state index contributed by atoms with van der Waals surface area (Å²) >= 11 is 0. The van der Waals surface area contributed by atoms with Crippen LogP contribution in [0.1, 0.15) is 23.3 Å². The summed E-state index contributed by atoms with van der Waals surface area (Å²) in [5, 5.41) is 6.24. The molecule has 0 amide bonds. The molecule has 0 spiro atoms. The van der Waals surface area contributed by atoms with Gasteiger partial charge in [0.05, 0.1) is 0 Å². The first-order valence-corrected chi connectivity index (χ1v) is 9.92. The minimum absolute atomic E-state index is 1.03. The first-order chi connectivity index (χ1) is 13.8. The van der Waals surface area contributed by atoms with Crippen LogP contribution in [-0.4, -0.2) is 0 Å². The summed E-state index contributed by atoms with van der Waals surface area (Å²) in [6, 6.07) is 24.4. The average molecular weight is 360 g/mol. The second kappa shape index (κ2) is 5.84. The summed E-state index contributed by atoms with van der Waals surface area (Å²) < 4.78 is 6.35. The topological polar surface area (TPSA) is 13.1 Å². The molecule has 0 aliphatic heterocycles. The van der Waals surface area contributed by atoms with E-state index in [4.69, 9.17) is 4.42 Å². The Morgan fingerprint density at radius 1 is 0.750 bits per heavy atom. The zero-order valence-corrected chi connectivity index (χ0v) is 15.8. The highest BCUT2D eigenvalue weighted by Gasteiger charge is 2.17. The third-order valence-electron chi connectivity index (χ3n) is 6.00. The second-order valence-electron chi connectivity index (χ2n) is 7.79. The molecule has 0 fully saturated rings. The van der Waals surface area contributed by atoms with E-state index >= 15 is 0 Å². The molecular weight excluding hydrogens is 340 g/mol. The SMILES string of the molecule is Cc1ccc(-c2ccc3c(ccc4ccc5c6c(oc5c43)C=CCC6)c2)cc1. The molecular formula is C27H20O. The summed E-state index contributed by atoms with van der Waals surface area (Å²) in [5.41, 5.74) is 6.18. The molecule has 1 heterocycles. The van der Waals surface area contributed by atoms with Crippen molar-refractivity contribution in [3.8, 4) is 11.1 Å². The summed E-state index contributed by atoms with van der Waals surface area (Å²) in [6.07, 6.45) is 6.49. The lowest BCUT2D eigenvalue weighted by Gasteiger charge is -2.08. The molecule has 0 unspecified atom stereocenters. The Balaban J connectivity index is 1.64. The minimum Gasteiger partial charge on any atom is -0.456 e. The zero-order chi connectivity index (χ0) is 18.7. The quantitative estimate of drug-likeness (QED) is 0.279. The lowest BCUT2D eigenvalue weighted by atomic mass is 9.94. The maximum atomic E-state index is 6.35. The Bertz CT molecular complexity index is 1400. The zero-order valence-electron chi connectivity index (χ0n) is 15.8. The van der Waals surface area contributed by atoms with E-state index in [-0.39, 0.29) is 0 Å². The average Bonchev–Trinajstić information content (AvgIpc) is 3.12. The molecule has 0 radical (unpaired) electrons. The molecule has 134 valence electrons. The van der Waals surface area contributed by atoms with E-state index in [2.05, 4.69) is 85.8 Å². The fraction of sp³-hybridized carbons (Fsp3) is 0.111. The van der Waals surface area contributed by atoms with Gasteiger partial charge in [0.2, 0.25) is 0 Å². The van der Waals surface area contributed by atoms with Gasteiger partial charge >= 0.3 is 0 Å². The van der Waals surface area contributed by atoms with Crippen LogP contribution in [0.2, 0.25) is 0 Å². The smallest absolute Gasteiger partial charge is 0.143 e. The highest BCUT2D eigenvalue weighted by atomic mass is 16.3. The van der Waals surface area contributed by atoms with E-state index in [0.29, 0.717) is 0 Å². The van der Waals surface area contributed by atoms with Gasteiger partial charge in [0.1, 0.15) is 11.3 Å². The first-order valence-electron chi connectivity index (χ1n) is 9.92. The van der Waals surface area contributed by atoms with Crippen molar-refractivity contribution in [3.63, 3.8) is 0 Å². The van der Waals surface area contributed by atoms with Gasteiger partial charge in [-0.05, 0) is 59.2 Å². The normalized spacial score (nSPS) is 13.5. The Labute approximate surface area is 163 Å². The van der Waals surface area contributed by atoms with Gasteiger partial charge in [0, 0.05) is 16.3 Å². The van der Waals surface area contributed by atoms with Crippen molar-refractivity contribution in [3.05, 3.63) is 89.7 Å². The maximum Gasteiger partial charge on any atom is 0.143 e. The van der Waals surface area contributed by atoms with Crippen LogP contribution in [0.5, 0.6) is 0 Å². The predicted octanol–water partition coefficient (Wildman–Crippen LogP) is 7.67. The molecule has 1 heteroatoms. The van der Waals surface area contributed by atoms with E-state index in [1.807, 2.05) is 0 Å². The molecule has 0 N–H and O–H groups in total. The van der Waals surface area contributed by atoms with Crippen molar-refractivity contribution in [2.45, 2.75) is 19.8 Å². The van der Waals surface area contributed by atoms with Crippen LogP contribution < -0.4 is 0 Å². The van der Waals surface area contributed by atoms with Crippen molar-refractivity contribution in [2.75, 3.05) is 0 Å². The van der Waals surface area contributed by atoms with Crippen LogP contribution in [0.3, 0.4) is 0 Å². The van der Waals surface area contributed by atoms with Gasteiger partial charge in [-0.1, -0.05) is 72.3 Å². The number of aryl methyl sites for hydroxylation is 2. The molecule has 5 aromatic rings. The van der Waals surface area contributed by atoms with Gasteiger partial charge in [-0.2, -0.15) is 0 Å². The number of allylic oxidation sites excluding steroid dienone is 1. The summed E-state index contributed by atoms with van der Waals surface area (Å²) in [4.78, 5) is 0. The van der Waals surface area contributed by atoms with Crippen LogP contribution in [-0.2, 0) is 6.42 Å². The van der Waals surface area contributed by atoms with Gasteiger partial charge in [0.25, 0.3) is 0 Å². The van der Waals surface area contributed by atoms with Crippen LogP contribution in [0.15, 0.2) is 77.2 Å². The number of hydrogen-bond acceptors (Lipinski definition) is 1. The Hall–Kier alpha value is -3.32. The maximum absolute atomic E-state index is 6.35. The van der Waals surface area contributed by atoms with E-state index in [9.17, 15) is 0 Å². The number of fused-ring (bicyclic) bond motifs is 7. The monoisotopic (exact) mass is 360 g/mol. The molecule has 1 aliphatic carbocycles. The molecule has 1 aromatic heterocycles. The first kappa shape index (κ1) is 15.7. The van der Waals surface area contributed by atoms with Crippen LogP contribution in [0.25, 0.3) is 49.7 Å². The molecule has 0 bridgehead atoms. The fourth-order valence-electron chi connectivity index (χ4n) is 4.51. The fourth-order valence-corrected chi connectivity index (χ4v) is 4.51. The van der Waals surface area contributed by atoms with Gasteiger partial charge in [0.15, 0.2) is 0 Å². The summed E-state index contributed by atoms with van der Waals surface area (Å²) in [6.45, 7) is 2.12. The molecule has 0 atom stereocenters. The predicted molar refractivity (Wildman–Crippen MR) is 119 cm³/mol. The number of hydrogen-bond donors (Lipinski definition) is 0. The Kier molecular flexibility index (Phi) is 3.28. The van der Waals surface area contributed by atoms with Gasteiger partial charge in [-0.3, -0.25) is 0 Å². The Morgan fingerprint density at radius 3 is 2.39 bits per heavy atom. The molecule has 0 saturated heterocycles. The number of rotatable bonds is 1. The van der Waals surface area contributed by atoms with Crippen LogP contribution >= 0.6 is 0 Å². The van der Waals surface area contributed by atoms with Gasteiger partial charge in [-0.15, -0.1) is 0 Å².